The maximum absolute atomic E-state index is 12.9. The quantitative estimate of drug-likeness (QED) is 0.0195. The van der Waals surface area contributed by atoms with Gasteiger partial charge in [0, 0.05) is 12.8 Å². The van der Waals surface area contributed by atoms with Crippen molar-refractivity contribution < 1.29 is 42.9 Å². The molecule has 0 amide bonds. The molecule has 0 aliphatic rings. The van der Waals surface area contributed by atoms with Crippen molar-refractivity contribution in [2.24, 2.45) is 0 Å². The van der Waals surface area contributed by atoms with E-state index >= 15 is 0 Å². The van der Waals surface area contributed by atoms with Crippen LogP contribution in [0.5, 0.6) is 0 Å². The highest BCUT2D eigenvalue weighted by Gasteiger charge is 2.22. The first-order chi connectivity index (χ1) is 40.1. The van der Waals surface area contributed by atoms with Crippen LogP contribution in [-0.4, -0.2) is 82.3 Å². The van der Waals surface area contributed by atoms with Crippen LogP contribution in [0.4, 0.5) is 0 Å². The summed E-state index contributed by atoms with van der Waals surface area (Å²) in [5.41, 5.74) is 0. The minimum absolute atomic E-state index is 0.145. The van der Waals surface area contributed by atoms with Gasteiger partial charge in [0.1, 0.15) is 13.2 Å². The van der Waals surface area contributed by atoms with Gasteiger partial charge >= 0.3 is 11.9 Å². The summed E-state index contributed by atoms with van der Waals surface area (Å²) < 4.78 is 22.7. The number of carboxylic acids is 1. The van der Waals surface area contributed by atoms with Gasteiger partial charge in [-0.2, -0.15) is 0 Å². The number of aliphatic carboxylic acids is 1. The van der Waals surface area contributed by atoms with E-state index in [0.717, 1.165) is 89.9 Å². The predicted octanol–water partition coefficient (Wildman–Crippen LogP) is 19.7. The molecule has 0 aliphatic heterocycles. The van der Waals surface area contributed by atoms with Crippen LogP contribution in [0.3, 0.4) is 0 Å². The minimum atomic E-state index is -1.63. The molecule has 9 heteroatoms. The Bertz CT molecular complexity index is 1620. The number of likely N-dealkylation sites (N-methyl/N-ethyl adjacent to an activating group) is 1. The average molecular weight is 1150 g/mol. The van der Waals surface area contributed by atoms with Crippen molar-refractivity contribution in [3.63, 3.8) is 0 Å². The first-order valence-electron chi connectivity index (χ1n) is 34.2. The van der Waals surface area contributed by atoms with Gasteiger partial charge in [0.05, 0.1) is 40.3 Å². The third-order valence-corrected chi connectivity index (χ3v) is 14.9. The Labute approximate surface area is 506 Å². The standard InChI is InChI=1S/C73H129NO8/c1-6-8-10-12-14-16-18-20-22-24-25-26-27-28-29-30-31-32-33-34-35-36-37-38-39-40-41-42-43-44-45-46-47-48-50-52-54-56-58-60-62-64-71(76)82-69(68-81-73(72(77)78)79-66-65-74(3,4)5)67-80-70(75)63-61-59-57-55-53-51-49-23-21-19-17-15-13-11-9-7-2/h8,10,14,16-17,19-20,22-23,25-26,28-29,49,69,73H,6-7,9,11-13,15,18,21,24,27,30-48,50-68H2,1-5H3/b10-8-,16-14-,19-17-,22-20-,26-25-,29-28-,49-23-. The van der Waals surface area contributed by atoms with Crippen molar-refractivity contribution >= 4 is 17.9 Å². The van der Waals surface area contributed by atoms with Crippen molar-refractivity contribution in [2.45, 2.75) is 315 Å². The van der Waals surface area contributed by atoms with E-state index in [9.17, 15) is 19.5 Å². The van der Waals surface area contributed by atoms with Crippen LogP contribution in [0.15, 0.2) is 85.1 Å². The van der Waals surface area contributed by atoms with Crippen LogP contribution in [0.1, 0.15) is 303 Å². The fourth-order valence-corrected chi connectivity index (χ4v) is 9.66. The number of esters is 2. The van der Waals surface area contributed by atoms with E-state index in [2.05, 4.69) is 98.9 Å². The van der Waals surface area contributed by atoms with Gasteiger partial charge in [0.15, 0.2) is 12.4 Å². The van der Waals surface area contributed by atoms with Crippen molar-refractivity contribution in [1.82, 2.24) is 0 Å². The Balaban J connectivity index is 3.96. The molecule has 0 aromatic heterocycles. The average Bonchev–Trinajstić information content (AvgIpc) is 3.45. The summed E-state index contributed by atoms with van der Waals surface area (Å²) in [6.07, 6.45) is 82.5. The summed E-state index contributed by atoms with van der Waals surface area (Å²) in [7, 11) is 5.93. The van der Waals surface area contributed by atoms with E-state index in [1.54, 1.807) is 0 Å². The number of ether oxygens (including phenoxy) is 4. The Morgan fingerprint density at radius 2 is 0.695 bits per heavy atom. The lowest BCUT2D eigenvalue weighted by Crippen LogP contribution is -2.44. The van der Waals surface area contributed by atoms with Crippen molar-refractivity contribution in [3.05, 3.63) is 85.1 Å². The van der Waals surface area contributed by atoms with Crippen LogP contribution in [-0.2, 0) is 33.3 Å². The van der Waals surface area contributed by atoms with E-state index < -0.39 is 24.3 Å². The molecule has 0 aromatic carbocycles. The number of unbranched alkanes of at least 4 members (excludes halogenated alkanes) is 34. The number of hydrogen-bond donors (Lipinski definition) is 0. The van der Waals surface area contributed by atoms with Crippen LogP contribution in [0.25, 0.3) is 0 Å². The molecule has 0 rings (SSSR count). The highest BCUT2D eigenvalue weighted by molar-refractivity contribution is 5.70. The zero-order chi connectivity index (χ0) is 59.8. The Morgan fingerprint density at radius 1 is 0.378 bits per heavy atom. The lowest BCUT2D eigenvalue weighted by Gasteiger charge is -2.26. The van der Waals surface area contributed by atoms with E-state index in [0.29, 0.717) is 17.4 Å². The number of carbonyl (C=O) groups is 3. The number of quaternary nitrogens is 1. The SMILES string of the molecule is CC/C=C\C/C=C\C/C=C\C/C=C\C/C=C\CCCCCCCCCCCCCCCCCCCCCCCCCCCC(=O)OC(COC(=O)CCCCCCC/C=C\C/C=C\CCCCCC)COC(OCC[N+](C)(C)C)C(=O)[O-]. The molecule has 2 unspecified atom stereocenters. The zero-order valence-electron chi connectivity index (χ0n) is 54.1. The predicted molar refractivity (Wildman–Crippen MR) is 348 cm³/mol. The van der Waals surface area contributed by atoms with Crippen LogP contribution in [0, 0.1) is 0 Å². The molecule has 0 saturated heterocycles. The molecule has 0 spiro atoms. The normalized spacial score (nSPS) is 13.2. The minimum Gasteiger partial charge on any atom is -0.545 e. The lowest BCUT2D eigenvalue weighted by molar-refractivity contribution is -0.870. The van der Waals surface area contributed by atoms with Gasteiger partial charge in [-0.15, -0.1) is 0 Å². The molecule has 0 N–H and O–H groups in total. The second kappa shape index (κ2) is 63.5. The smallest absolute Gasteiger partial charge is 0.306 e. The van der Waals surface area contributed by atoms with Crippen molar-refractivity contribution in [3.8, 4) is 0 Å². The van der Waals surface area contributed by atoms with Crippen molar-refractivity contribution in [1.29, 1.82) is 0 Å². The van der Waals surface area contributed by atoms with E-state index in [1.807, 2.05) is 21.1 Å². The number of rotatable bonds is 63. The Hall–Kier alpha value is -3.53. The van der Waals surface area contributed by atoms with Gasteiger partial charge in [-0.25, -0.2) is 0 Å². The fraction of sp³-hybridized carbons (Fsp3) is 0.767. The van der Waals surface area contributed by atoms with Gasteiger partial charge in [-0.1, -0.05) is 285 Å². The summed E-state index contributed by atoms with van der Waals surface area (Å²) >= 11 is 0. The van der Waals surface area contributed by atoms with Crippen LogP contribution in [0.2, 0.25) is 0 Å². The second-order valence-corrected chi connectivity index (χ2v) is 24.1. The third-order valence-electron chi connectivity index (χ3n) is 14.9. The molecule has 0 bridgehead atoms. The highest BCUT2D eigenvalue weighted by atomic mass is 16.7. The topological polar surface area (TPSA) is 111 Å². The molecule has 0 aromatic rings. The highest BCUT2D eigenvalue weighted by Crippen LogP contribution is 2.18. The number of carbonyl (C=O) groups excluding carboxylic acids is 3. The third kappa shape index (κ3) is 64.0. The van der Waals surface area contributed by atoms with E-state index in [4.69, 9.17) is 18.9 Å². The number of carboxylic acid groups (broad SMARTS) is 1. The summed E-state index contributed by atoms with van der Waals surface area (Å²) in [4.78, 5) is 37.4. The summed E-state index contributed by atoms with van der Waals surface area (Å²) in [5.74, 6) is -2.29. The largest absolute Gasteiger partial charge is 0.545 e. The van der Waals surface area contributed by atoms with Crippen LogP contribution < -0.4 is 5.11 Å². The van der Waals surface area contributed by atoms with Gasteiger partial charge in [0.2, 0.25) is 0 Å². The molecular weight excluding hydrogens is 1020 g/mol. The molecule has 0 fully saturated rings. The number of allylic oxidation sites excluding steroid dienone is 14. The molecule has 0 heterocycles. The monoisotopic (exact) mass is 1150 g/mol. The maximum Gasteiger partial charge on any atom is 0.306 e. The molecule has 0 aliphatic carbocycles. The van der Waals surface area contributed by atoms with Gasteiger partial charge < -0.3 is 33.3 Å². The number of hydrogen-bond acceptors (Lipinski definition) is 8. The molecule has 2 atom stereocenters. The van der Waals surface area contributed by atoms with Crippen LogP contribution >= 0.6 is 0 Å². The molecular formula is C73H129NO8. The van der Waals surface area contributed by atoms with Crippen molar-refractivity contribution in [2.75, 3.05) is 47.5 Å². The first kappa shape index (κ1) is 78.5. The maximum atomic E-state index is 12.9. The number of nitrogens with zero attached hydrogens (tertiary/aromatic N) is 1. The van der Waals surface area contributed by atoms with Gasteiger partial charge in [0.25, 0.3) is 0 Å². The molecule has 474 valence electrons. The summed E-state index contributed by atoms with van der Waals surface area (Å²) in [6, 6.07) is 0. The second-order valence-electron chi connectivity index (χ2n) is 24.1. The molecule has 0 saturated carbocycles. The molecule has 0 radical (unpaired) electrons. The Morgan fingerprint density at radius 3 is 1.04 bits per heavy atom. The molecule has 82 heavy (non-hydrogen) atoms. The van der Waals surface area contributed by atoms with Gasteiger partial charge in [-0.3, -0.25) is 9.59 Å². The summed E-state index contributed by atoms with van der Waals surface area (Å²) in [6.45, 7) is 4.62. The lowest BCUT2D eigenvalue weighted by atomic mass is 10.0. The Kier molecular flexibility index (Phi) is 60.8. The summed E-state index contributed by atoms with van der Waals surface area (Å²) in [5, 5.41) is 11.8. The fourth-order valence-electron chi connectivity index (χ4n) is 9.66. The zero-order valence-corrected chi connectivity index (χ0v) is 54.1. The van der Waals surface area contributed by atoms with E-state index in [1.165, 1.54) is 180 Å². The van der Waals surface area contributed by atoms with E-state index in [-0.39, 0.29) is 38.6 Å². The van der Waals surface area contributed by atoms with Gasteiger partial charge in [-0.05, 0) is 89.9 Å². The first-order valence-corrected chi connectivity index (χ1v) is 34.2. The molecule has 9 nitrogen and oxygen atoms in total.